The zero-order valence-corrected chi connectivity index (χ0v) is 18.5. The summed E-state index contributed by atoms with van der Waals surface area (Å²) in [6.07, 6.45) is 2.30. The van der Waals surface area contributed by atoms with Crippen LogP contribution in [0.15, 0.2) is 83.3 Å². The van der Waals surface area contributed by atoms with E-state index in [1.165, 1.54) is 11.8 Å². The average molecular weight is 447 g/mol. The lowest BCUT2D eigenvalue weighted by Gasteiger charge is -2.18. The van der Waals surface area contributed by atoms with Crippen LogP contribution in [0.5, 0.6) is 0 Å². The van der Waals surface area contributed by atoms with Crippen molar-refractivity contribution in [3.8, 4) is 5.69 Å². The van der Waals surface area contributed by atoms with Gasteiger partial charge in [0.1, 0.15) is 5.82 Å². The van der Waals surface area contributed by atoms with Gasteiger partial charge >= 0.3 is 0 Å². The summed E-state index contributed by atoms with van der Waals surface area (Å²) in [4.78, 5) is 14.0. The smallest absolute Gasteiger partial charge is 0.231 e. The first-order valence-corrected chi connectivity index (χ1v) is 12.2. The van der Waals surface area contributed by atoms with Crippen LogP contribution in [0.1, 0.15) is 41.1 Å². The zero-order chi connectivity index (χ0) is 21.0. The topological polar surface area (TPSA) is 59.8 Å². The molecule has 4 aromatic rings. The van der Waals surface area contributed by atoms with Gasteiger partial charge in [0, 0.05) is 16.5 Å². The van der Waals surface area contributed by atoms with Crippen molar-refractivity contribution < 1.29 is 4.79 Å². The SMILES string of the molecule is O=C(CSc1nnc(C2CC2)n1-c1ccccc1)N[C@H](c1ccccc1)c1cccs1. The zero-order valence-electron chi connectivity index (χ0n) is 16.8. The highest BCUT2D eigenvalue weighted by atomic mass is 32.2. The Hall–Kier alpha value is -2.90. The number of benzene rings is 2. The second kappa shape index (κ2) is 9.08. The Balaban J connectivity index is 1.33. The van der Waals surface area contributed by atoms with Crippen molar-refractivity contribution in [3.05, 3.63) is 94.4 Å². The Labute approximate surface area is 189 Å². The normalized spacial score (nSPS) is 14.3. The van der Waals surface area contributed by atoms with Gasteiger partial charge in [-0.25, -0.2) is 0 Å². The third-order valence-corrected chi connectivity index (χ3v) is 7.08. The molecule has 1 aliphatic carbocycles. The predicted octanol–water partition coefficient (Wildman–Crippen LogP) is 5.20. The Morgan fingerprint density at radius 1 is 1.03 bits per heavy atom. The molecule has 1 N–H and O–H groups in total. The summed E-state index contributed by atoms with van der Waals surface area (Å²) in [5.74, 6) is 1.72. The van der Waals surface area contributed by atoms with Crippen molar-refractivity contribution >= 4 is 29.0 Å². The number of amides is 1. The summed E-state index contributed by atoms with van der Waals surface area (Å²) in [7, 11) is 0. The quantitative estimate of drug-likeness (QED) is 0.378. The van der Waals surface area contributed by atoms with Crippen molar-refractivity contribution in [3.63, 3.8) is 0 Å². The molecule has 2 heterocycles. The highest BCUT2D eigenvalue weighted by molar-refractivity contribution is 7.99. The first kappa shape index (κ1) is 20.0. The molecule has 0 spiro atoms. The second-order valence-electron chi connectivity index (χ2n) is 7.50. The maximum Gasteiger partial charge on any atom is 0.231 e. The molecule has 0 aliphatic heterocycles. The average Bonchev–Trinajstić information content (AvgIpc) is 3.34. The van der Waals surface area contributed by atoms with Crippen LogP contribution in [0.4, 0.5) is 0 Å². The molecule has 156 valence electrons. The van der Waals surface area contributed by atoms with Gasteiger partial charge in [0.15, 0.2) is 5.16 Å². The largest absolute Gasteiger partial charge is 0.344 e. The number of carbonyl (C=O) groups excluding carboxylic acids is 1. The highest BCUT2D eigenvalue weighted by Crippen LogP contribution is 2.41. The molecule has 0 bridgehead atoms. The van der Waals surface area contributed by atoms with Gasteiger partial charge in [-0.2, -0.15) is 0 Å². The molecule has 1 amide bonds. The molecule has 2 aromatic heterocycles. The third-order valence-electron chi connectivity index (χ3n) is 5.21. The second-order valence-corrected chi connectivity index (χ2v) is 9.42. The van der Waals surface area contributed by atoms with E-state index in [2.05, 4.69) is 38.3 Å². The number of thiophene rings is 1. The van der Waals surface area contributed by atoms with Gasteiger partial charge in [0.25, 0.3) is 0 Å². The summed E-state index contributed by atoms with van der Waals surface area (Å²) in [6, 6.07) is 24.1. The van der Waals surface area contributed by atoms with E-state index in [-0.39, 0.29) is 17.7 Å². The van der Waals surface area contributed by atoms with Gasteiger partial charge in [-0.1, -0.05) is 66.4 Å². The van der Waals surface area contributed by atoms with Gasteiger partial charge < -0.3 is 5.32 Å². The van der Waals surface area contributed by atoms with Crippen molar-refractivity contribution in [2.24, 2.45) is 0 Å². The number of carbonyl (C=O) groups is 1. The number of para-hydroxylation sites is 1. The Morgan fingerprint density at radius 2 is 1.77 bits per heavy atom. The third kappa shape index (κ3) is 4.57. The van der Waals surface area contributed by atoms with Gasteiger partial charge in [0.05, 0.1) is 11.8 Å². The number of rotatable bonds is 8. The van der Waals surface area contributed by atoms with E-state index < -0.39 is 0 Å². The standard InChI is InChI=1S/C24H22N4OS2/c29-21(25-22(20-12-7-15-30-20)17-8-3-1-4-9-17)16-31-24-27-26-23(18-13-14-18)28(24)19-10-5-2-6-11-19/h1-12,15,18,22H,13-14,16H2,(H,25,29)/t22-/m1/s1. The van der Waals surface area contributed by atoms with Crippen LogP contribution in [-0.4, -0.2) is 26.4 Å². The van der Waals surface area contributed by atoms with Crippen LogP contribution < -0.4 is 5.32 Å². The van der Waals surface area contributed by atoms with Crippen LogP contribution in [0, 0.1) is 0 Å². The monoisotopic (exact) mass is 446 g/mol. The van der Waals surface area contributed by atoms with Crippen molar-refractivity contribution in [2.45, 2.75) is 30.0 Å². The minimum absolute atomic E-state index is 0.0252. The summed E-state index contributed by atoms with van der Waals surface area (Å²) in [5, 5.41) is 14.9. The van der Waals surface area contributed by atoms with E-state index in [1.807, 2.05) is 60.0 Å². The summed E-state index contributed by atoms with van der Waals surface area (Å²) >= 11 is 3.08. The van der Waals surface area contributed by atoms with Crippen molar-refractivity contribution in [2.75, 3.05) is 5.75 Å². The molecule has 1 fully saturated rings. The Bertz CT molecular complexity index is 1140. The molecule has 5 nitrogen and oxygen atoms in total. The molecule has 1 aliphatic rings. The van der Waals surface area contributed by atoms with Crippen LogP contribution in [-0.2, 0) is 4.79 Å². The van der Waals surface area contributed by atoms with Crippen LogP contribution in [0.3, 0.4) is 0 Å². The van der Waals surface area contributed by atoms with Gasteiger partial charge in [-0.05, 0) is 42.0 Å². The number of hydrogen-bond donors (Lipinski definition) is 1. The molecule has 7 heteroatoms. The predicted molar refractivity (Wildman–Crippen MR) is 125 cm³/mol. The molecule has 1 saturated carbocycles. The number of nitrogens with one attached hydrogen (secondary N) is 1. The van der Waals surface area contributed by atoms with E-state index in [1.54, 1.807) is 11.3 Å². The summed E-state index contributed by atoms with van der Waals surface area (Å²) in [5.41, 5.74) is 2.12. The van der Waals surface area contributed by atoms with Gasteiger partial charge in [-0.3, -0.25) is 9.36 Å². The molecule has 2 aromatic carbocycles. The minimum atomic E-state index is -0.150. The molecule has 0 unspecified atom stereocenters. The lowest BCUT2D eigenvalue weighted by Crippen LogP contribution is -2.30. The fourth-order valence-corrected chi connectivity index (χ4v) is 5.13. The molecular weight excluding hydrogens is 424 g/mol. The van der Waals surface area contributed by atoms with E-state index >= 15 is 0 Å². The minimum Gasteiger partial charge on any atom is -0.344 e. The van der Waals surface area contributed by atoms with Crippen molar-refractivity contribution in [1.29, 1.82) is 0 Å². The first-order valence-electron chi connectivity index (χ1n) is 10.3. The maximum absolute atomic E-state index is 12.9. The molecule has 0 radical (unpaired) electrons. The van der Waals surface area contributed by atoms with Gasteiger partial charge in [-0.15, -0.1) is 21.5 Å². The van der Waals surface area contributed by atoms with E-state index in [0.717, 1.165) is 40.0 Å². The molecule has 31 heavy (non-hydrogen) atoms. The fraction of sp³-hybridized carbons (Fsp3) is 0.208. The number of aromatic nitrogens is 3. The Kier molecular flexibility index (Phi) is 5.86. The number of nitrogens with zero attached hydrogens (tertiary/aromatic N) is 3. The maximum atomic E-state index is 12.9. The van der Waals surface area contributed by atoms with Crippen LogP contribution >= 0.6 is 23.1 Å². The molecule has 1 atom stereocenters. The fourth-order valence-electron chi connectivity index (χ4n) is 3.55. The summed E-state index contributed by atoms with van der Waals surface area (Å²) in [6.45, 7) is 0. The first-order chi connectivity index (χ1) is 15.3. The van der Waals surface area contributed by atoms with Crippen molar-refractivity contribution in [1.82, 2.24) is 20.1 Å². The van der Waals surface area contributed by atoms with E-state index in [4.69, 9.17) is 0 Å². The van der Waals surface area contributed by atoms with Crippen LogP contribution in [0.25, 0.3) is 5.69 Å². The molecule has 0 saturated heterocycles. The Morgan fingerprint density at radius 3 is 2.45 bits per heavy atom. The number of thioether (sulfide) groups is 1. The molecule has 5 rings (SSSR count). The summed E-state index contributed by atoms with van der Waals surface area (Å²) < 4.78 is 2.10. The number of hydrogen-bond acceptors (Lipinski definition) is 5. The van der Waals surface area contributed by atoms with E-state index in [9.17, 15) is 4.79 Å². The van der Waals surface area contributed by atoms with E-state index in [0.29, 0.717) is 5.92 Å². The van der Waals surface area contributed by atoms with Gasteiger partial charge in [0.2, 0.25) is 5.91 Å². The lowest BCUT2D eigenvalue weighted by molar-refractivity contribution is -0.119. The molecular formula is C24H22N4OS2. The highest BCUT2D eigenvalue weighted by Gasteiger charge is 2.31. The lowest BCUT2D eigenvalue weighted by atomic mass is 10.1. The van der Waals surface area contributed by atoms with Crippen LogP contribution in [0.2, 0.25) is 0 Å².